The Bertz CT molecular complexity index is 357. The number of Topliss-reactive ketones (excluding diaryl/α,β-unsaturated/α-hetero) is 1. The maximum Gasteiger partial charge on any atom is 0.137 e. The highest BCUT2D eigenvalue weighted by molar-refractivity contribution is 6.30. The van der Waals surface area contributed by atoms with Gasteiger partial charge in [0.25, 0.3) is 0 Å². The van der Waals surface area contributed by atoms with Crippen LogP contribution in [0.5, 0.6) is 0 Å². The highest BCUT2D eigenvalue weighted by Gasteiger charge is 2.21. The third-order valence-corrected chi connectivity index (χ3v) is 2.79. The third-order valence-electron chi connectivity index (χ3n) is 2.56. The number of carbonyl (C=O) groups is 1. The zero-order chi connectivity index (χ0) is 9.42. The number of fused-ring (bicyclic) bond motifs is 1. The minimum Gasteiger partial charge on any atom is -0.299 e. The average Bonchev–Trinajstić information content (AvgIpc) is 2.02. The molecule has 1 aromatic rings. The second-order valence-electron chi connectivity index (χ2n) is 3.66. The van der Waals surface area contributed by atoms with Gasteiger partial charge in [-0.25, -0.2) is 0 Å². The smallest absolute Gasteiger partial charge is 0.137 e. The van der Waals surface area contributed by atoms with Crippen molar-refractivity contribution in [3.8, 4) is 0 Å². The lowest BCUT2D eigenvalue weighted by Crippen LogP contribution is -2.16. The molecular weight excluding hydrogens is 184 g/mol. The molecule has 0 saturated carbocycles. The van der Waals surface area contributed by atoms with Crippen LogP contribution in [-0.2, 0) is 11.2 Å². The molecule has 1 aromatic carbocycles. The van der Waals surface area contributed by atoms with E-state index in [-0.39, 0.29) is 0 Å². The molecule has 0 saturated heterocycles. The van der Waals surface area contributed by atoms with Crippen LogP contribution in [0.25, 0.3) is 0 Å². The normalized spacial score (nSPS) is 21.4. The van der Waals surface area contributed by atoms with E-state index < -0.39 is 0 Å². The summed E-state index contributed by atoms with van der Waals surface area (Å²) in [7, 11) is 0. The molecule has 0 fully saturated rings. The molecule has 0 bridgehead atoms. The average molecular weight is 195 g/mol. The monoisotopic (exact) mass is 194 g/mol. The van der Waals surface area contributed by atoms with Gasteiger partial charge in [-0.2, -0.15) is 0 Å². The molecule has 0 amide bonds. The van der Waals surface area contributed by atoms with Gasteiger partial charge in [0.05, 0.1) is 0 Å². The maximum absolute atomic E-state index is 11.3. The Morgan fingerprint density at radius 2 is 2.23 bits per heavy atom. The second kappa shape index (κ2) is 3.15. The third kappa shape index (κ3) is 1.61. The van der Waals surface area contributed by atoms with Crippen LogP contribution < -0.4 is 0 Å². The van der Waals surface area contributed by atoms with Crippen molar-refractivity contribution in [2.45, 2.75) is 25.7 Å². The summed E-state index contributed by atoms with van der Waals surface area (Å²) < 4.78 is 0. The lowest BCUT2D eigenvalue weighted by molar-refractivity contribution is -0.119. The predicted octanol–water partition coefficient (Wildman–Crippen LogP) is 2.96. The molecule has 1 atom stereocenters. The molecule has 0 N–H and O–H groups in total. The van der Waals surface area contributed by atoms with Crippen molar-refractivity contribution in [2.24, 2.45) is 0 Å². The zero-order valence-corrected chi connectivity index (χ0v) is 8.27. The first-order valence-corrected chi connectivity index (χ1v) is 4.84. The van der Waals surface area contributed by atoms with E-state index in [1.54, 1.807) is 0 Å². The van der Waals surface area contributed by atoms with Gasteiger partial charge in [0.15, 0.2) is 0 Å². The van der Waals surface area contributed by atoms with E-state index in [0.29, 0.717) is 24.5 Å². The Kier molecular flexibility index (Phi) is 2.12. The van der Waals surface area contributed by atoms with Crippen molar-refractivity contribution in [3.63, 3.8) is 0 Å². The minimum atomic E-state index is 0.322. The zero-order valence-electron chi connectivity index (χ0n) is 7.51. The molecule has 1 unspecified atom stereocenters. The van der Waals surface area contributed by atoms with Crippen LogP contribution in [-0.4, -0.2) is 5.78 Å². The van der Waals surface area contributed by atoms with Crippen LogP contribution in [0.1, 0.15) is 30.4 Å². The van der Waals surface area contributed by atoms with Crippen LogP contribution in [0.4, 0.5) is 0 Å². The molecule has 2 rings (SSSR count). The SMILES string of the molecule is CC1CC(=O)Cc2cc(Cl)ccc21. The summed E-state index contributed by atoms with van der Waals surface area (Å²) in [5.41, 5.74) is 2.39. The van der Waals surface area contributed by atoms with Gasteiger partial charge in [-0.1, -0.05) is 24.6 Å². The first kappa shape index (κ1) is 8.76. The largest absolute Gasteiger partial charge is 0.299 e. The van der Waals surface area contributed by atoms with Crippen molar-refractivity contribution in [3.05, 3.63) is 34.3 Å². The summed E-state index contributed by atoms with van der Waals surface area (Å²) in [6, 6.07) is 5.84. The van der Waals surface area contributed by atoms with Crippen LogP contribution >= 0.6 is 11.6 Å². The molecular formula is C11H11ClO. The first-order valence-electron chi connectivity index (χ1n) is 4.47. The molecule has 13 heavy (non-hydrogen) atoms. The minimum absolute atomic E-state index is 0.322. The van der Waals surface area contributed by atoms with Gasteiger partial charge >= 0.3 is 0 Å². The summed E-state index contributed by atoms with van der Waals surface area (Å²) in [5, 5.41) is 0.723. The number of ketones is 1. The molecule has 0 spiro atoms. The van der Waals surface area contributed by atoms with Crippen LogP contribution in [0.15, 0.2) is 18.2 Å². The lowest BCUT2D eigenvalue weighted by Gasteiger charge is -2.21. The molecule has 0 heterocycles. The van der Waals surface area contributed by atoms with E-state index in [1.165, 1.54) is 5.56 Å². The van der Waals surface area contributed by atoms with Crippen LogP contribution in [0, 0.1) is 0 Å². The topological polar surface area (TPSA) is 17.1 Å². The molecule has 68 valence electrons. The van der Waals surface area contributed by atoms with Gasteiger partial charge in [0, 0.05) is 17.9 Å². The summed E-state index contributed by atoms with van der Waals surface area (Å²) >= 11 is 5.86. The molecule has 0 aromatic heterocycles. The number of halogens is 1. The summed E-state index contributed by atoms with van der Waals surface area (Å²) in [6.07, 6.45) is 1.23. The van der Waals surface area contributed by atoms with Crippen LogP contribution in [0.3, 0.4) is 0 Å². The number of hydrogen-bond acceptors (Lipinski definition) is 1. The van der Waals surface area contributed by atoms with Crippen molar-refractivity contribution in [1.82, 2.24) is 0 Å². The van der Waals surface area contributed by atoms with Gasteiger partial charge in [-0.15, -0.1) is 0 Å². The van der Waals surface area contributed by atoms with Gasteiger partial charge < -0.3 is 0 Å². The Balaban J connectivity index is 2.49. The second-order valence-corrected chi connectivity index (χ2v) is 4.10. The van der Waals surface area contributed by atoms with Crippen molar-refractivity contribution < 1.29 is 4.79 Å². The van der Waals surface area contributed by atoms with Gasteiger partial charge in [0.2, 0.25) is 0 Å². The Morgan fingerprint density at radius 1 is 1.46 bits per heavy atom. The van der Waals surface area contributed by atoms with E-state index in [1.807, 2.05) is 18.2 Å². The Morgan fingerprint density at radius 3 is 3.00 bits per heavy atom. The highest BCUT2D eigenvalue weighted by Crippen LogP contribution is 2.30. The van der Waals surface area contributed by atoms with Gasteiger partial charge in [-0.3, -0.25) is 4.79 Å². The first-order chi connectivity index (χ1) is 6.16. The van der Waals surface area contributed by atoms with E-state index >= 15 is 0 Å². The number of rotatable bonds is 0. The quantitative estimate of drug-likeness (QED) is 0.621. The fourth-order valence-corrected chi connectivity index (χ4v) is 2.14. The van der Waals surface area contributed by atoms with Gasteiger partial charge in [-0.05, 0) is 29.2 Å². The lowest BCUT2D eigenvalue weighted by atomic mass is 9.83. The van der Waals surface area contributed by atoms with E-state index in [4.69, 9.17) is 11.6 Å². The van der Waals surface area contributed by atoms with Crippen LogP contribution in [0.2, 0.25) is 5.02 Å². The maximum atomic E-state index is 11.3. The summed E-state index contributed by atoms with van der Waals surface area (Å²) in [6.45, 7) is 2.09. The Hall–Kier alpha value is -0.820. The van der Waals surface area contributed by atoms with E-state index in [0.717, 1.165) is 10.6 Å². The summed E-state index contributed by atoms with van der Waals surface area (Å²) in [5.74, 6) is 0.677. The molecule has 1 aliphatic rings. The number of benzene rings is 1. The molecule has 2 heteroatoms. The molecule has 1 nitrogen and oxygen atoms in total. The summed E-state index contributed by atoms with van der Waals surface area (Å²) in [4.78, 5) is 11.3. The Labute approximate surface area is 82.7 Å². The fraction of sp³-hybridized carbons (Fsp3) is 0.364. The molecule has 0 aliphatic heterocycles. The predicted molar refractivity (Wildman–Crippen MR) is 53.2 cm³/mol. The molecule has 0 radical (unpaired) electrons. The fourth-order valence-electron chi connectivity index (χ4n) is 1.94. The van der Waals surface area contributed by atoms with Crippen molar-refractivity contribution >= 4 is 17.4 Å². The standard InChI is InChI=1S/C11H11ClO/c1-7-4-10(13)6-8-5-9(12)2-3-11(7)8/h2-3,5,7H,4,6H2,1H3. The van der Waals surface area contributed by atoms with Crippen molar-refractivity contribution in [1.29, 1.82) is 0 Å². The number of hydrogen-bond donors (Lipinski definition) is 0. The van der Waals surface area contributed by atoms with Crippen molar-refractivity contribution in [2.75, 3.05) is 0 Å². The van der Waals surface area contributed by atoms with E-state index in [9.17, 15) is 4.79 Å². The van der Waals surface area contributed by atoms with Gasteiger partial charge in [0.1, 0.15) is 5.78 Å². The highest BCUT2D eigenvalue weighted by atomic mass is 35.5. The van der Waals surface area contributed by atoms with E-state index in [2.05, 4.69) is 6.92 Å². The molecule has 1 aliphatic carbocycles. The number of carbonyl (C=O) groups excluding carboxylic acids is 1.